The van der Waals surface area contributed by atoms with Crippen LogP contribution in [0.4, 0.5) is 0 Å². The number of nitrogens with zero attached hydrogens (tertiary/aromatic N) is 1. The van der Waals surface area contributed by atoms with Gasteiger partial charge in [-0.05, 0) is 6.42 Å². The SMILES string of the molecule is CCC(C)/C(C)=[N+](/[O-])Cc1ccccc1. The third-order valence-corrected chi connectivity index (χ3v) is 2.89. The maximum atomic E-state index is 11.8. The first-order chi connectivity index (χ1) is 7.15. The molecule has 1 aromatic carbocycles. The molecule has 0 radical (unpaired) electrons. The van der Waals surface area contributed by atoms with E-state index in [-0.39, 0.29) is 0 Å². The molecule has 1 atom stereocenters. The van der Waals surface area contributed by atoms with Crippen molar-refractivity contribution in [2.75, 3.05) is 0 Å². The van der Waals surface area contributed by atoms with Crippen LogP contribution in [-0.4, -0.2) is 10.5 Å². The Morgan fingerprint density at radius 2 is 1.93 bits per heavy atom. The molecular formula is C13H19NO. The van der Waals surface area contributed by atoms with Crippen LogP contribution in [0.2, 0.25) is 0 Å². The Labute approximate surface area is 91.8 Å². The van der Waals surface area contributed by atoms with Gasteiger partial charge in [-0.2, -0.15) is 0 Å². The Balaban J connectivity index is 2.74. The fourth-order valence-corrected chi connectivity index (χ4v) is 1.42. The van der Waals surface area contributed by atoms with Gasteiger partial charge in [0.1, 0.15) is 0 Å². The van der Waals surface area contributed by atoms with E-state index >= 15 is 0 Å². The number of rotatable bonds is 4. The normalized spacial score (nSPS) is 14.6. The first-order valence-corrected chi connectivity index (χ1v) is 5.47. The summed E-state index contributed by atoms with van der Waals surface area (Å²) < 4.78 is 1.10. The van der Waals surface area contributed by atoms with Crippen LogP contribution >= 0.6 is 0 Å². The molecule has 0 aliphatic heterocycles. The molecule has 1 rings (SSSR count). The Morgan fingerprint density at radius 3 is 2.47 bits per heavy atom. The molecule has 0 spiro atoms. The van der Waals surface area contributed by atoms with Gasteiger partial charge in [0.25, 0.3) is 0 Å². The highest BCUT2D eigenvalue weighted by Crippen LogP contribution is 2.06. The fraction of sp³-hybridized carbons (Fsp3) is 0.462. The maximum absolute atomic E-state index is 11.8. The molecule has 0 saturated heterocycles. The maximum Gasteiger partial charge on any atom is 0.178 e. The molecule has 1 aromatic rings. The van der Waals surface area contributed by atoms with Crippen molar-refractivity contribution >= 4 is 5.71 Å². The van der Waals surface area contributed by atoms with Crippen LogP contribution in [-0.2, 0) is 6.54 Å². The quantitative estimate of drug-likeness (QED) is 0.321. The van der Waals surface area contributed by atoms with Crippen LogP contribution in [0.15, 0.2) is 30.3 Å². The lowest BCUT2D eigenvalue weighted by Gasteiger charge is -2.12. The molecule has 2 heteroatoms. The number of benzene rings is 1. The smallest absolute Gasteiger partial charge is 0.178 e. The summed E-state index contributed by atoms with van der Waals surface area (Å²) in [6.07, 6.45) is 1.01. The molecular weight excluding hydrogens is 186 g/mol. The molecule has 0 bridgehead atoms. The highest BCUT2D eigenvalue weighted by molar-refractivity contribution is 5.79. The van der Waals surface area contributed by atoms with Gasteiger partial charge < -0.3 is 5.21 Å². The highest BCUT2D eigenvalue weighted by Gasteiger charge is 2.11. The van der Waals surface area contributed by atoms with Gasteiger partial charge in [0.15, 0.2) is 12.3 Å². The Hall–Kier alpha value is -1.31. The molecule has 1 unspecified atom stereocenters. The van der Waals surface area contributed by atoms with Crippen molar-refractivity contribution < 1.29 is 4.74 Å². The van der Waals surface area contributed by atoms with Crippen molar-refractivity contribution in [1.82, 2.24) is 0 Å². The van der Waals surface area contributed by atoms with Crippen molar-refractivity contribution in [1.29, 1.82) is 0 Å². The lowest BCUT2D eigenvalue weighted by molar-refractivity contribution is -0.478. The van der Waals surface area contributed by atoms with Gasteiger partial charge in [-0.25, -0.2) is 4.74 Å². The molecule has 0 amide bonds. The van der Waals surface area contributed by atoms with E-state index in [9.17, 15) is 5.21 Å². The predicted octanol–water partition coefficient (Wildman–Crippen LogP) is 3.20. The van der Waals surface area contributed by atoms with E-state index in [1.807, 2.05) is 37.3 Å². The molecule has 15 heavy (non-hydrogen) atoms. The number of hydrogen-bond acceptors (Lipinski definition) is 1. The zero-order valence-corrected chi connectivity index (χ0v) is 9.73. The van der Waals surface area contributed by atoms with E-state index in [0.29, 0.717) is 12.5 Å². The van der Waals surface area contributed by atoms with Crippen LogP contribution in [0.25, 0.3) is 0 Å². The lowest BCUT2D eigenvalue weighted by Crippen LogP contribution is -2.19. The zero-order valence-electron chi connectivity index (χ0n) is 9.73. The standard InChI is InChI=1S/C13H19NO/c1-4-11(2)12(3)14(15)10-13-8-6-5-7-9-13/h5-9,11H,4,10H2,1-3H3/b14-12+. The average Bonchev–Trinajstić information content (AvgIpc) is 2.28. The third-order valence-electron chi connectivity index (χ3n) is 2.89. The molecule has 0 aliphatic rings. The van der Waals surface area contributed by atoms with E-state index < -0.39 is 0 Å². The number of hydroxylamine groups is 1. The predicted molar refractivity (Wildman–Crippen MR) is 63.9 cm³/mol. The summed E-state index contributed by atoms with van der Waals surface area (Å²) in [6, 6.07) is 9.84. The van der Waals surface area contributed by atoms with E-state index in [2.05, 4.69) is 13.8 Å². The second-order valence-corrected chi connectivity index (χ2v) is 3.97. The van der Waals surface area contributed by atoms with Gasteiger partial charge in [0, 0.05) is 18.4 Å². The van der Waals surface area contributed by atoms with E-state index in [1.165, 1.54) is 0 Å². The van der Waals surface area contributed by atoms with E-state index in [1.54, 1.807) is 0 Å². The third kappa shape index (κ3) is 3.39. The molecule has 2 nitrogen and oxygen atoms in total. The zero-order chi connectivity index (χ0) is 11.3. The van der Waals surface area contributed by atoms with E-state index in [0.717, 1.165) is 22.4 Å². The Bertz CT molecular complexity index is 330. The second-order valence-electron chi connectivity index (χ2n) is 3.97. The van der Waals surface area contributed by atoms with Crippen LogP contribution in [0.5, 0.6) is 0 Å². The minimum atomic E-state index is 0.367. The lowest BCUT2D eigenvalue weighted by atomic mass is 10.0. The van der Waals surface area contributed by atoms with Gasteiger partial charge >= 0.3 is 0 Å². The monoisotopic (exact) mass is 205 g/mol. The van der Waals surface area contributed by atoms with Crippen molar-refractivity contribution in [2.45, 2.75) is 33.7 Å². The molecule has 0 fully saturated rings. The van der Waals surface area contributed by atoms with Gasteiger partial charge in [-0.3, -0.25) is 0 Å². The summed E-state index contributed by atoms with van der Waals surface area (Å²) in [5, 5.41) is 11.8. The first-order valence-electron chi connectivity index (χ1n) is 5.47. The van der Waals surface area contributed by atoms with Crippen molar-refractivity contribution in [3.05, 3.63) is 41.1 Å². The summed E-state index contributed by atoms with van der Waals surface area (Å²) in [5.41, 5.74) is 1.98. The van der Waals surface area contributed by atoms with Crippen LogP contribution in [0.3, 0.4) is 0 Å². The van der Waals surface area contributed by atoms with Crippen LogP contribution in [0, 0.1) is 11.1 Å². The summed E-state index contributed by atoms with van der Waals surface area (Å²) >= 11 is 0. The van der Waals surface area contributed by atoms with Gasteiger partial charge in [0.2, 0.25) is 0 Å². The topological polar surface area (TPSA) is 26.1 Å². The van der Waals surface area contributed by atoms with Gasteiger partial charge in [0.05, 0.1) is 0 Å². The molecule has 0 saturated carbocycles. The average molecular weight is 205 g/mol. The van der Waals surface area contributed by atoms with Crippen molar-refractivity contribution in [3.8, 4) is 0 Å². The number of hydrogen-bond donors (Lipinski definition) is 0. The minimum Gasteiger partial charge on any atom is -0.624 e. The van der Waals surface area contributed by atoms with Crippen molar-refractivity contribution in [2.24, 2.45) is 5.92 Å². The van der Waals surface area contributed by atoms with Crippen LogP contribution < -0.4 is 0 Å². The first kappa shape index (κ1) is 11.8. The summed E-state index contributed by atoms with van der Waals surface area (Å²) in [7, 11) is 0. The minimum absolute atomic E-state index is 0.367. The summed E-state index contributed by atoms with van der Waals surface area (Å²) in [5.74, 6) is 0.367. The van der Waals surface area contributed by atoms with Gasteiger partial charge in [-0.1, -0.05) is 44.2 Å². The van der Waals surface area contributed by atoms with Crippen LogP contribution in [0.1, 0.15) is 32.8 Å². The fourth-order valence-electron chi connectivity index (χ4n) is 1.42. The highest BCUT2D eigenvalue weighted by atomic mass is 16.5. The Morgan fingerprint density at radius 1 is 1.33 bits per heavy atom. The largest absolute Gasteiger partial charge is 0.624 e. The molecule has 0 N–H and O–H groups in total. The molecule has 0 aromatic heterocycles. The van der Waals surface area contributed by atoms with Crippen molar-refractivity contribution in [3.63, 3.8) is 0 Å². The summed E-state index contributed by atoms with van der Waals surface area (Å²) in [6.45, 7) is 6.57. The molecule has 0 aliphatic carbocycles. The summed E-state index contributed by atoms with van der Waals surface area (Å²) in [4.78, 5) is 0. The Kier molecular flexibility index (Phi) is 4.35. The van der Waals surface area contributed by atoms with E-state index in [4.69, 9.17) is 0 Å². The second kappa shape index (κ2) is 5.54. The van der Waals surface area contributed by atoms with Gasteiger partial charge in [-0.15, -0.1) is 0 Å². The molecule has 82 valence electrons. The molecule has 0 heterocycles.